The molecule has 0 aliphatic heterocycles. The zero-order valence-electron chi connectivity index (χ0n) is 9.45. The van der Waals surface area contributed by atoms with E-state index >= 15 is 0 Å². The van der Waals surface area contributed by atoms with Gasteiger partial charge in [0.25, 0.3) is 0 Å². The second-order valence-electron chi connectivity index (χ2n) is 4.23. The van der Waals surface area contributed by atoms with Crippen molar-refractivity contribution in [2.75, 3.05) is 0 Å². The molecule has 1 rings (SSSR count). The molecule has 0 aliphatic rings. The van der Waals surface area contributed by atoms with Gasteiger partial charge in [0.15, 0.2) is 0 Å². The first kappa shape index (κ1) is 13.6. The summed E-state index contributed by atoms with van der Waals surface area (Å²) in [6.07, 6.45) is -0.140. The predicted octanol–water partition coefficient (Wildman–Crippen LogP) is 2.79. The van der Waals surface area contributed by atoms with Crippen molar-refractivity contribution in [3.63, 3.8) is 0 Å². The van der Waals surface area contributed by atoms with Gasteiger partial charge in [-0.15, -0.1) is 0 Å². The largest absolute Gasteiger partial charge is 0.392 e. The maximum atomic E-state index is 13.5. The molecule has 1 aromatic carbocycles. The van der Waals surface area contributed by atoms with E-state index in [0.717, 1.165) is 4.47 Å². The SMILES string of the molecule is CC(CC(O)C(C)N)c1cc(Br)ccc1F. The van der Waals surface area contributed by atoms with E-state index in [1.807, 2.05) is 6.92 Å². The fraction of sp³-hybridized carbons (Fsp3) is 0.500. The Morgan fingerprint density at radius 3 is 2.62 bits per heavy atom. The van der Waals surface area contributed by atoms with Gasteiger partial charge in [0.2, 0.25) is 0 Å². The van der Waals surface area contributed by atoms with Crippen molar-refractivity contribution in [1.29, 1.82) is 0 Å². The zero-order chi connectivity index (χ0) is 12.3. The van der Waals surface area contributed by atoms with E-state index in [4.69, 9.17) is 5.73 Å². The Kier molecular flexibility index (Phi) is 4.89. The van der Waals surface area contributed by atoms with Crippen molar-refractivity contribution in [2.24, 2.45) is 5.73 Å². The van der Waals surface area contributed by atoms with Crippen molar-refractivity contribution >= 4 is 15.9 Å². The highest BCUT2D eigenvalue weighted by Gasteiger charge is 2.18. The van der Waals surface area contributed by atoms with Crippen LogP contribution < -0.4 is 5.73 Å². The number of benzene rings is 1. The fourth-order valence-electron chi connectivity index (χ4n) is 1.60. The van der Waals surface area contributed by atoms with Crippen LogP contribution in [0.3, 0.4) is 0 Å². The van der Waals surface area contributed by atoms with Gasteiger partial charge in [-0.25, -0.2) is 4.39 Å². The van der Waals surface area contributed by atoms with Crippen LogP contribution in [0.5, 0.6) is 0 Å². The Labute approximate surface area is 104 Å². The number of hydrogen-bond donors (Lipinski definition) is 2. The molecule has 1 aromatic rings. The molecular formula is C12H17BrFNO. The second-order valence-corrected chi connectivity index (χ2v) is 5.14. The smallest absolute Gasteiger partial charge is 0.126 e. The summed E-state index contributed by atoms with van der Waals surface area (Å²) in [6, 6.07) is 4.54. The third kappa shape index (κ3) is 3.54. The van der Waals surface area contributed by atoms with E-state index in [-0.39, 0.29) is 17.8 Å². The Hall–Kier alpha value is -0.450. The zero-order valence-corrected chi connectivity index (χ0v) is 11.0. The third-order valence-corrected chi connectivity index (χ3v) is 3.18. The molecule has 3 unspecified atom stereocenters. The molecule has 0 aromatic heterocycles. The predicted molar refractivity (Wildman–Crippen MR) is 66.8 cm³/mol. The lowest BCUT2D eigenvalue weighted by molar-refractivity contribution is 0.134. The molecule has 4 heteroatoms. The lowest BCUT2D eigenvalue weighted by atomic mass is 9.92. The van der Waals surface area contributed by atoms with Crippen LogP contribution in [0, 0.1) is 5.82 Å². The summed E-state index contributed by atoms with van der Waals surface area (Å²) in [5.41, 5.74) is 6.18. The Morgan fingerprint density at radius 1 is 1.44 bits per heavy atom. The van der Waals surface area contributed by atoms with E-state index in [2.05, 4.69) is 15.9 Å². The number of nitrogens with two attached hydrogens (primary N) is 1. The van der Waals surface area contributed by atoms with Crippen molar-refractivity contribution in [1.82, 2.24) is 0 Å². The summed E-state index contributed by atoms with van der Waals surface area (Å²) in [7, 11) is 0. The van der Waals surface area contributed by atoms with Gasteiger partial charge in [0, 0.05) is 10.5 Å². The molecule has 0 bridgehead atoms. The first-order valence-corrected chi connectivity index (χ1v) is 6.09. The minimum atomic E-state index is -0.603. The van der Waals surface area contributed by atoms with Crippen LogP contribution in [0.25, 0.3) is 0 Å². The Morgan fingerprint density at radius 2 is 2.06 bits per heavy atom. The number of aliphatic hydroxyl groups excluding tert-OH is 1. The number of halogens is 2. The first-order chi connectivity index (χ1) is 7.41. The van der Waals surface area contributed by atoms with Gasteiger partial charge in [0.05, 0.1) is 6.10 Å². The lowest BCUT2D eigenvalue weighted by Gasteiger charge is -2.20. The van der Waals surface area contributed by atoms with Crippen molar-refractivity contribution in [2.45, 2.75) is 38.3 Å². The molecule has 3 atom stereocenters. The van der Waals surface area contributed by atoms with E-state index in [0.29, 0.717) is 12.0 Å². The van der Waals surface area contributed by atoms with E-state index in [1.165, 1.54) is 6.07 Å². The van der Waals surface area contributed by atoms with Crippen molar-refractivity contribution in [3.05, 3.63) is 34.1 Å². The van der Waals surface area contributed by atoms with Gasteiger partial charge < -0.3 is 10.8 Å². The molecular weight excluding hydrogens is 273 g/mol. The summed E-state index contributed by atoms with van der Waals surface area (Å²) in [5, 5.41) is 9.66. The number of hydrogen-bond acceptors (Lipinski definition) is 2. The van der Waals surface area contributed by atoms with Crippen LogP contribution >= 0.6 is 15.9 Å². The van der Waals surface area contributed by atoms with E-state index in [9.17, 15) is 9.50 Å². The van der Waals surface area contributed by atoms with Gasteiger partial charge in [-0.3, -0.25) is 0 Å². The van der Waals surface area contributed by atoms with Crippen molar-refractivity contribution < 1.29 is 9.50 Å². The van der Waals surface area contributed by atoms with Crippen LogP contribution in [0.1, 0.15) is 31.7 Å². The van der Waals surface area contributed by atoms with Gasteiger partial charge in [0.1, 0.15) is 5.82 Å². The molecule has 0 radical (unpaired) electrons. The normalized spacial score (nSPS) is 16.9. The molecule has 90 valence electrons. The highest BCUT2D eigenvalue weighted by molar-refractivity contribution is 9.10. The molecule has 16 heavy (non-hydrogen) atoms. The van der Waals surface area contributed by atoms with Gasteiger partial charge >= 0.3 is 0 Å². The standard InChI is InChI=1S/C12H17BrFNO/c1-7(5-12(16)8(2)15)10-6-9(13)3-4-11(10)14/h3-4,6-8,12,16H,5,15H2,1-2H3. The Balaban J connectivity index is 2.80. The molecule has 0 aliphatic carbocycles. The van der Waals surface area contributed by atoms with Crippen LogP contribution in [-0.4, -0.2) is 17.3 Å². The van der Waals surface area contributed by atoms with Gasteiger partial charge in [-0.1, -0.05) is 22.9 Å². The number of aliphatic hydroxyl groups is 1. The quantitative estimate of drug-likeness (QED) is 0.895. The van der Waals surface area contributed by atoms with Gasteiger partial charge in [-0.2, -0.15) is 0 Å². The Bertz CT molecular complexity index is 357. The van der Waals surface area contributed by atoms with Crippen LogP contribution in [0.2, 0.25) is 0 Å². The summed E-state index contributed by atoms with van der Waals surface area (Å²) in [4.78, 5) is 0. The maximum absolute atomic E-state index is 13.5. The number of rotatable bonds is 4. The molecule has 0 amide bonds. The summed E-state index contributed by atoms with van der Waals surface area (Å²) in [5.74, 6) is -0.300. The molecule has 0 heterocycles. The van der Waals surface area contributed by atoms with Crippen LogP contribution in [0.15, 0.2) is 22.7 Å². The van der Waals surface area contributed by atoms with Crippen LogP contribution in [-0.2, 0) is 0 Å². The maximum Gasteiger partial charge on any atom is 0.126 e. The van der Waals surface area contributed by atoms with Gasteiger partial charge in [-0.05, 0) is 43.0 Å². The summed E-state index contributed by atoms with van der Waals surface area (Å²) >= 11 is 3.31. The minimum absolute atomic E-state index is 0.0569. The highest BCUT2D eigenvalue weighted by Crippen LogP contribution is 2.26. The molecule has 0 spiro atoms. The minimum Gasteiger partial charge on any atom is -0.392 e. The lowest BCUT2D eigenvalue weighted by Crippen LogP contribution is -2.32. The third-order valence-electron chi connectivity index (χ3n) is 2.69. The van der Waals surface area contributed by atoms with Crippen molar-refractivity contribution in [3.8, 4) is 0 Å². The van der Waals surface area contributed by atoms with E-state index < -0.39 is 6.10 Å². The molecule has 0 fully saturated rings. The molecule has 0 saturated carbocycles. The summed E-state index contributed by atoms with van der Waals surface area (Å²) in [6.45, 7) is 3.63. The summed E-state index contributed by atoms with van der Waals surface area (Å²) < 4.78 is 14.4. The molecule has 2 nitrogen and oxygen atoms in total. The monoisotopic (exact) mass is 289 g/mol. The second kappa shape index (κ2) is 5.75. The highest BCUT2D eigenvalue weighted by atomic mass is 79.9. The molecule has 3 N–H and O–H groups in total. The molecule has 0 saturated heterocycles. The van der Waals surface area contributed by atoms with Crippen LogP contribution in [0.4, 0.5) is 4.39 Å². The average molecular weight is 290 g/mol. The average Bonchev–Trinajstić information content (AvgIpc) is 2.21. The van der Waals surface area contributed by atoms with E-state index in [1.54, 1.807) is 19.1 Å². The fourth-order valence-corrected chi connectivity index (χ4v) is 1.97. The first-order valence-electron chi connectivity index (χ1n) is 5.30. The topological polar surface area (TPSA) is 46.2 Å².